The summed E-state index contributed by atoms with van der Waals surface area (Å²) in [4.78, 5) is 1.13. The molecule has 1 aromatic heterocycles. The van der Waals surface area contributed by atoms with E-state index in [0.717, 1.165) is 15.6 Å². The third-order valence-corrected chi connectivity index (χ3v) is 3.57. The molecular weight excluding hydrogens is 234 g/mol. The first-order chi connectivity index (χ1) is 7.21. The van der Waals surface area contributed by atoms with Crippen molar-refractivity contribution in [1.29, 1.82) is 0 Å². The summed E-state index contributed by atoms with van der Waals surface area (Å²) in [5, 5.41) is 21.1. The third kappa shape index (κ3) is 3.74. The van der Waals surface area contributed by atoms with E-state index in [-0.39, 0.29) is 25.3 Å². The Kier molecular flexibility index (Phi) is 5.56. The van der Waals surface area contributed by atoms with Crippen LogP contribution in [0, 0.1) is 0 Å². The highest BCUT2D eigenvalue weighted by atomic mass is 35.5. The Morgan fingerprint density at radius 3 is 2.47 bits per heavy atom. The molecule has 0 unspecified atom stereocenters. The lowest BCUT2D eigenvalue weighted by atomic mass is 10.1. The smallest absolute Gasteiger partial charge is 0.0931 e. The van der Waals surface area contributed by atoms with Crippen LogP contribution < -0.4 is 5.32 Å². The lowest BCUT2D eigenvalue weighted by molar-refractivity contribution is 0.161. The molecule has 0 aliphatic rings. The van der Waals surface area contributed by atoms with E-state index in [1.54, 1.807) is 0 Å². The van der Waals surface area contributed by atoms with Crippen molar-refractivity contribution < 1.29 is 10.2 Å². The fraction of sp³-hybridized carbons (Fsp3) is 0.600. The third-order valence-electron chi connectivity index (χ3n) is 2.22. The van der Waals surface area contributed by atoms with E-state index in [1.165, 1.54) is 11.3 Å². The number of aliphatic hydroxyl groups excluding tert-OH is 2. The van der Waals surface area contributed by atoms with Gasteiger partial charge >= 0.3 is 0 Å². The molecule has 1 aromatic rings. The summed E-state index contributed by atoms with van der Waals surface area (Å²) in [7, 11) is 0. The zero-order valence-corrected chi connectivity index (χ0v) is 10.2. The van der Waals surface area contributed by atoms with Crippen LogP contribution in [0.5, 0.6) is 0 Å². The van der Waals surface area contributed by atoms with Crippen LogP contribution >= 0.6 is 22.9 Å². The molecule has 0 amide bonds. The van der Waals surface area contributed by atoms with Gasteiger partial charge in [-0.25, -0.2) is 0 Å². The van der Waals surface area contributed by atoms with Gasteiger partial charge in [0.1, 0.15) is 0 Å². The van der Waals surface area contributed by atoms with E-state index in [0.29, 0.717) is 0 Å². The van der Waals surface area contributed by atoms with Gasteiger partial charge in [-0.15, -0.1) is 11.3 Å². The van der Waals surface area contributed by atoms with Crippen molar-refractivity contribution in [2.45, 2.75) is 25.4 Å². The molecular formula is C10H16ClNO2S. The minimum Gasteiger partial charge on any atom is -0.395 e. The van der Waals surface area contributed by atoms with Crippen molar-refractivity contribution in [3.8, 4) is 0 Å². The second kappa shape index (κ2) is 6.45. The van der Waals surface area contributed by atoms with E-state index in [4.69, 9.17) is 21.8 Å². The predicted octanol–water partition coefficient (Wildman–Crippen LogP) is 1.80. The SMILES string of the molecule is CC[C@@H](NC(CO)CO)c1ccc(Cl)s1. The van der Waals surface area contributed by atoms with Crippen LogP contribution in [0.4, 0.5) is 0 Å². The quantitative estimate of drug-likeness (QED) is 0.721. The molecule has 5 heteroatoms. The average Bonchev–Trinajstić information content (AvgIpc) is 2.67. The van der Waals surface area contributed by atoms with Crippen LogP contribution in [0.25, 0.3) is 0 Å². The molecule has 0 aliphatic heterocycles. The molecule has 3 N–H and O–H groups in total. The van der Waals surface area contributed by atoms with Gasteiger partial charge in [-0.05, 0) is 18.6 Å². The fourth-order valence-electron chi connectivity index (χ4n) is 1.36. The zero-order valence-electron chi connectivity index (χ0n) is 8.61. The highest BCUT2D eigenvalue weighted by molar-refractivity contribution is 7.16. The summed E-state index contributed by atoms with van der Waals surface area (Å²) < 4.78 is 0.759. The molecule has 0 saturated heterocycles. The largest absolute Gasteiger partial charge is 0.395 e. The Morgan fingerprint density at radius 2 is 2.07 bits per heavy atom. The van der Waals surface area contributed by atoms with Crippen LogP contribution in [-0.2, 0) is 0 Å². The van der Waals surface area contributed by atoms with Crippen LogP contribution in [0.15, 0.2) is 12.1 Å². The summed E-state index contributed by atoms with van der Waals surface area (Å²) in [5.74, 6) is 0. The Hall–Kier alpha value is -0.130. The molecule has 0 aliphatic carbocycles. The number of hydrogen-bond acceptors (Lipinski definition) is 4. The number of halogens is 1. The van der Waals surface area contributed by atoms with E-state index in [2.05, 4.69) is 12.2 Å². The number of thiophene rings is 1. The van der Waals surface area contributed by atoms with E-state index in [1.807, 2.05) is 12.1 Å². The van der Waals surface area contributed by atoms with E-state index >= 15 is 0 Å². The molecule has 15 heavy (non-hydrogen) atoms. The van der Waals surface area contributed by atoms with Crippen LogP contribution in [0.3, 0.4) is 0 Å². The van der Waals surface area contributed by atoms with Gasteiger partial charge in [0.25, 0.3) is 0 Å². The first-order valence-electron chi connectivity index (χ1n) is 4.94. The molecule has 0 spiro atoms. The van der Waals surface area contributed by atoms with E-state index in [9.17, 15) is 0 Å². The lowest BCUT2D eigenvalue weighted by Gasteiger charge is -2.21. The Balaban J connectivity index is 2.63. The molecule has 0 saturated carbocycles. The lowest BCUT2D eigenvalue weighted by Crippen LogP contribution is -2.38. The van der Waals surface area contributed by atoms with Gasteiger partial charge in [-0.3, -0.25) is 0 Å². The summed E-state index contributed by atoms with van der Waals surface area (Å²) in [6, 6.07) is 3.71. The molecule has 3 nitrogen and oxygen atoms in total. The molecule has 0 fully saturated rings. The predicted molar refractivity (Wildman–Crippen MR) is 63.5 cm³/mol. The zero-order chi connectivity index (χ0) is 11.3. The Morgan fingerprint density at radius 1 is 1.40 bits per heavy atom. The summed E-state index contributed by atoms with van der Waals surface area (Å²) in [6.07, 6.45) is 0.896. The number of aliphatic hydroxyl groups is 2. The molecule has 0 radical (unpaired) electrons. The van der Waals surface area contributed by atoms with Gasteiger partial charge in [0, 0.05) is 10.9 Å². The maximum atomic E-state index is 8.98. The van der Waals surface area contributed by atoms with Crippen molar-refractivity contribution >= 4 is 22.9 Å². The highest BCUT2D eigenvalue weighted by Gasteiger charge is 2.15. The number of rotatable bonds is 6. The molecule has 0 aromatic carbocycles. The van der Waals surface area contributed by atoms with Gasteiger partial charge in [-0.2, -0.15) is 0 Å². The second-order valence-corrected chi connectivity index (χ2v) is 5.08. The maximum absolute atomic E-state index is 8.98. The van der Waals surface area contributed by atoms with Gasteiger partial charge < -0.3 is 15.5 Å². The second-order valence-electron chi connectivity index (χ2n) is 3.33. The summed E-state index contributed by atoms with van der Waals surface area (Å²) in [5.41, 5.74) is 0. The normalized spacial score (nSPS) is 13.4. The van der Waals surface area contributed by atoms with Crippen molar-refractivity contribution in [3.63, 3.8) is 0 Å². The molecule has 1 atom stereocenters. The van der Waals surface area contributed by atoms with E-state index < -0.39 is 0 Å². The monoisotopic (exact) mass is 249 g/mol. The number of nitrogens with one attached hydrogen (secondary N) is 1. The number of hydrogen-bond donors (Lipinski definition) is 3. The van der Waals surface area contributed by atoms with Crippen LogP contribution in [-0.4, -0.2) is 29.5 Å². The summed E-state index contributed by atoms with van der Waals surface area (Å²) in [6.45, 7) is 1.93. The molecule has 0 bridgehead atoms. The minimum atomic E-state index is -0.268. The molecule has 1 rings (SSSR count). The van der Waals surface area contributed by atoms with Gasteiger partial charge in [-0.1, -0.05) is 18.5 Å². The van der Waals surface area contributed by atoms with Gasteiger partial charge in [0.15, 0.2) is 0 Å². The Labute approximate surface area is 98.7 Å². The highest BCUT2D eigenvalue weighted by Crippen LogP contribution is 2.28. The minimum absolute atomic E-state index is 0.0634. The molecule has 86 valence electrons. The summed E-state index contributed by atoms with van der Waals surface area (Å²) >= 11 is 7.38. The molecule has 1 heterocycles. The topological polar surface area (TPSA) is 52.5 Å². The first kappa shape index (κ1) is 12.9. The van der Waals surface area contributed by atoms with Crippen LogP contribution in [0.1, 0.15) is 24.3 Å². The van der Waals surface area contributed by atoms with Crippen molar-refractivity contribution in [3.05, 3.63) is 21.3 Å². The van der Waals surface area contributed by atoms with Crippen molar-refractivity contribution in [1.82, 2.24) is 5.32 Å². The first-order valence-corrected chi connectivity index (χ1v) is 6.13. The van der Waals surface area contributed by atoms with Crippen LogP contribution in [0.2, 0.25) is 4.34 Å². The maximum Gasteiger partial charge on any atom is 0.0931 e. The fourth-order valence-corrected chi connectivity index (χ4v) is 2.57. The van der Waals surface area contributed by atoms with Gasteiger partial charge in [0.2, 0.25) is 0 Å². The average molecular weight is 250 g/mol. The van der Waals surface area contributed by atoms with Gasteiger partial charge in [0.05, 0.1) is 23.6 Å². The van der Waals surface area contributed by atoms with Crippen molar-refractivity contribution in [2.75, 3.05) is 13.2 Å². The Bertz CT molecular complexity index is 289. The van der Waals surface area contributed by atoms with Crippen molar-refractivity contribution in [2.24, 2.45) is 0 Å². The standard InChI is InChI=1S/C10H16ClNO2S/c1-2-8(12-7(5-13)6-14)9-3-4-10(11)15-9/h3-4,7-8,12-14H,2,5-6H2,1H3/t8-/m1/s1.